The quantitative estimate of drug-likeness (QED) is 0.728. The zero-order valence-electron chi connectivity index (χ0n) is 11.7. The van der Waals surface area contributed by atoms with Crippen LogP contribution in [0.1, 0.15) is 39.0 Å². The molecule has 2 amide bonds. The third-order valence-electron chi connectivity index (χ3n) is 3.95. The molecule has 2 aliphatic heterocycles. The fourth-order valence-corrected chi connectivity index (χ4v) is 2.78. The van der Waals surface area contributed by atoms with Crippen LogP contribution in [0.4, 0.5) is 0 Å². The molecule has 108 valence electrons. The van der Waals surface area contributed by atoms with Crippen molar-refractivity contribution in [2.45, 2.75) is 45.1 Å². The highest BCUT2D eigenvalue weighted by atomic mass is 16.5. The highest BCUT2D eigenvalue weighted by Crippen LogP contribution is 2.20. The van der Waals surface area contributed by atoms with Crippen molar-refractivity contribution >= 4 is 11.8 Å². The number of imide groups is 1. The van der Waals surface area contributed by atoms with E-state index in [1.165, 1.54) is 4.90 Å². The minimum Gasteiger partial charge on any atom is -0.381 e. The number of ether oxygens (including phenoxy) is 1. The minimum absolute atomic E-state index is 0.0153. The molecule has 5 nitrogen and oxygen atoms in total. The van der Waals surface area contributed by atoms with Gasteiger partial charge in [-0.1, -0.05) is 6.92 Å². The van der Waals surface area contributed by atoms with Crippen LogP contribution < -0.4 is 5.32 Å². The highest BCUT2D eigenvalue weighted by molar-refractivity contribution is 5.97. The number of hydrogen-bond donors (Lipinski definition) is 1. The van der Waals surface area contributed by atoms with Gasteiger partial charge in [0.15, 0.2) is 0 Å². The number of nitrogens with zero attached hydrogens (tertiary/aromatic N) is 1. The SMILES string of the molecule is CCCNC(CN1C(=O)CCCC1=O)C1CCOC1. The number of piperidine rings is 1. The molecule has 19 heavy (non-hydrogen) atoms. The van der Waals surface area contributed by atoms with E-state index >= 15 is 0 Å². The van der Waals surface area contributed by atoms with Crippen LogP contribution in [-0.2, 0) is 14.3 Å². The number of likely N-dealkylation sites (tertiary alicyclic amines) is 1. The van der Waals surface area contributed by atoms with Crippen molar-refractivity contribution in [1.82, 2.24) is 10.2 Å². The molecule has 0 aromatic rings. The van der Waals surface area contributed by atoms with E-state index in [4.69, 9.17) is 4.74 Å². The third kappa shape index (κ3) is 3.76. The summed E-state index contributed by atoms with van der Waals surface area (Å²) in [4.78, 5) is 25.2. The Morgan fingerprint density at radius 2 is 2.11 bits per heavy atom. The fourth-order valence-electron chi connectivity index (χ4n) is 2.78. The Hall–Kier alpha value is -0.940. The Kier molecular flexibility index (Phi) is 5.34. The molecule has 2 saturated heterocycles. The summed E-state index contributed by atoms with van der Waals surface area (Å²) in [5.41, 5.74) is 0. The van der Waals surface area contributed by atoms with Crippen LogP contribution in [0.25, 0.3) is 0 Å². The number of carbonyl (C=O) groups excluding carboxylic acids is 2. The first kappa shape index (κ1) is 14.5. The molecule has 2 fully saturated rings. The first-order chi connectivity index (χ1) is 9.22. The largest absolute Gasteiger partial charge is 0.381 e. The number of amides is 2. The summed E-state index contributed by atoms with van der Waals surface area (Å²) in [5, 5.41) is 3.47. The maximum absolute atomic E-state index is 11.9. The van der Waals surface area contributed by atoms with E-state index in [-0.39, 0.29) is 17.9 Å². The lowest BCUT2D eigenvalue weighted by atomic mass is 9.97. The van der Waals surface area contributed by atoms with Gasteiger partial charge in [0, 0.05) is 38.0 Å². The molecule has 5 heteroatoms. The predicted octanol–water partition coefficient (Wildman–Crippen LogP) is 0.930. The van der Waals surface area contributed by atoms with Crippen molar-refractivity contribution in [1.29, 1.82) is 0 Å². The summed E-state index contributed by atoms with van der Waals surface area (Å²) in [5.74, 6) is 0.381. The van der Waals surface area contributed by atoms with Crippen LogP contribution >= 0.6 is 0 Å². The second-order valence-corrected chi connectivity index (χ2v) is 5.44. The number of carbonyl (C=O) groups is 2. The van der Waals surface area contributed by atoms with Crippen molar-refractivity contribution in [3.63, 3.8) is 0 Å². The molecule has 0 aromatic carbocycles. The highest BCUT2D eigenvalue weighted by Gasteiger charge is 2.32. The lowest BCUT2D eigenvalue weighted by molar-refractivity contribution is -0.148. The lowest BCUT2D eigenvalue weighted by Crippen LogP contribution is -2.51. The van der Waals surface area contributed by atoms with E-state index in [1.807, 2.05) is 0 Å². The zero-order chi connectivity index (χ0) is 13.7. The Balaban J connectivity index is 1.96. The van der Waals surface area contributed by atoms with Crippen molar-refractivity contribution in [3.8, 4) is 0 Å². The fraction of sp³-hybridized carbons (Fsp3) is 0.857. The molecule has 2 unspecified atom stereocenters. The first-order valence-electron chi connectivity index (χ1n) is 7.36. The van der Waals surface area contributed by atoms with Crippen LogP contribution in [0, 0.1) is 5.92 Å². The molecule has 0 aromatic heterocycles. The van der Waals surface area contributed by atoms with E-state index in [0.717, 1.165) is 32.6 Å². The minimum atomic E-state index is -0.0153. The van der Waals surface area contributed by atoms with Gasteiger partial charge in [0.2, 0.25) is 11.8 Å². The van der Waals surface area contributed by atoms with E-state index in [0.29, 0.717) is 31.7 Å². The average Bonchev–Trinajstić information content (AvgIpc) is 2.91. The molecule has 0 bridgehead atoms. The van der Waals surface area contributed by atoms with Crippen LogP contribution in [0.5, 0.6) is 0 Å². The summed E-state index contributed by atoms with van der Waals surface area (Å²) < 4.78 is 5.43. The molecule has 2 atom stereocenters. The van der Waals surface area contributed by atoms with E-state index in [9.17, 15) is 9.59 Å². The van der Waals surface area contributed by atoms with Crippen LogP contribution in [0.2, 0.25) is 0 Å². The topological polar surface area (TPSA) is 58.6 Å². The van der Waals surface area contributed by atoms with Gasteiger partial charge in [-0.05, 0) is 25.8 Å². The van der Waals surface area contributed by atoms with E-state index < -0.39 is 0 Å². The summed E-state index contributed by atoms with van der Waals surface area (Å²) >= 11 is 0. The molecular formula is C14H24N2O3. The smallest absolute Gasteiger partial charge is 0.229 e. The lowest BCUT2D eigenvalue weighted by Gasteiger charge is -2.32. The average molecular weight is 268 g/mol. The van der Waals surface area contributed by atoms with Crippen LogP contribution in [0.3, 0.4) is 0 Å². The zero-order valence-corrected chi connectivity index (χ0v) is 11.7. The van der Waals surface area contributed by atoms with Gasteiger partial charge in [0.25, 0.3) is 0 Å². The van der Waals surface area contributed by atoms with Crippen molar-refractivity contribution < 1.29 is 14.3 Å². The summed E-state index contributed by atoms with van der Waals surface area (Å²) in [6.07, 6.45) is 3.78. The van der Waals surface area contributed by atoms with Gasteiger partial charge in [-0.2, -0.15) is 0 Å². The Morgan fingerprint density at radius 3 is 2.68 bits per heavy atom. The third-order valence-corrected chi connectivity index (χ3v) is 3.95. The van der Waals surface area contributed by atoms with Crippen molar-refractivity contribution in [2.75, 3.05) is 26.3 Å². The Bertz CT molecular complexity index is 311. The van der Waals surface area contributed by atoms with Crippen LogP contribution in [-0.4, -0.2) is 49.1 Å². The summed E-state index contributed by atoms with van der Waals surface area (Å²) in [7, 11) is 0. The van der Waals surface area contributed by atoms with Crippen molar-refractivity contribution in [3.05, 3.63) is 0 Å². The molecule has 2 aliphatic rings. The molecule has 0 saturated carbocycles. The molecule has 1 N–H and O–H groups in total. The summed E-state index contributed by atoms with van der Waals surface area (Å²) in [6.45, 7) is 5.06. The second kappa shape index (κ2) is 7.01. The van der Waals surface area contributed by atoms with Gasteiger partial charge in [0.1, 0.15) is 0 Å². The normalized spacial score (nSPS) is 25.9. The number of rotatable bonds is 6. The van der Waals surface area contributed by atoms with Gasteiger partial charge in [-0.15, -0.1) is 0 Å². The maximum Gasteiger partial charge on any atom is 0.229 e. The molecule has 0 spiro atoms. The molecule has 0 aliphatic carbocycles. The standard InChI is InChI=1S/C14H24N2O3/c1-2-7-15-12(11-6-8-19-10-11)9-16-13(17)4-3-5-14(16)18/h11-12,15H,2-10H2,1H3. The Labute approximate surface area is 114 Å². The van der Waals surface area contributed by atoms with Crippen molar-refractivity contribution in [2.24, 2.45) is 5.92 Å². The van der Waals surface area contributed by atoms with Gasteiger partial charge >= 0.3 is 0 Å². The number of hydrogen-bond acceptors (Lipinski definition) is 4. The van der Waals surface area contributed by atoms with E-state index in [2.05, 4.69) is 12.2 Å². The summed E-state index contributed by atoms with van der Waals surface area (Å²) in [6, 6.07) is 0.174. The molecule has 2 rings (SSSR count). The van der Waals surface area contributed by atoms with E-state index in [1.54, 1.807) is 0 Å². The first-order valence-corrected chi connectivity index (χ1v) is 7.36. The van der Waals surface area contributed by atoms with Gasteiger partial charge in [-0.3, -0.25) is 14.5 Å². The molecule has 0 radical (unpaired) electrons. The van der Waals surface area contributed by atoms with Gasteiger partial charge in [0.05, 0.1) is 6.61 Å². The molecular weight excluding hydrogens is 244 g/mol. The Morgan fingerprint density at radius 1 is 1.37 bits per heavy atom. The monoisotopic (exact) mass is 268 g/mol. The van der Waals surface area contributed by atoms with Gasteiger partial charge < -0.3 is 10.1 Å². The number of nitrogens with one attached hydrogen (secondary N) is 1. The molecule has 2 heterocycles. The van der Waals surface area contributed by atoms with Gasteiger partial charge in [-0.25, -0.2) is 0 Å². The maximum atomic E-state index is 11.9. The predicted molar refractivity (Wildman–Crippen MR) is 71.6 cm³/mol. The van der Waals surface area contributed by atoms with Crippen LogP contribution in [0.15, 0.2) is 0 Å². The second-order valence-electron chi connectivity index (χ2n) is 5.44.